The molecule has 1 aliphatic heterocycles. The molecule has 2 aliphatic rings. The molecular weight excluding hydrogens is 210 g/mol. The van der Waals surface area contributed by atoms with E-state index in [1.807, 2.05) is 0 Å². The number of hydrogen-bond acceptors (Lipinski definition) is 2. The lowest BCUT2D eigenvalue weighted by atomic mass is 9.83. The Labute approximate surface area is 103 Å². The van der Waals surface area contributed by atoms with E-state index in [1.54, 1.807) is 0 Å². The smallest absolute Gasteiger partial charge is 0.122 e. The third kappa shape index (κ3) is 2.06. The fraction of sp³-hybridized carbons (Fsp3) is 0.600. The second-order valence-corrected chi connectivity index (χ2v) is 5.37. The van der Waals surface area contributed by atoms with Crippen molar-refractivity contribution >= 4 is 0 Å². The van der Waals surface area contributed by atoms with Crippen LogP contribution in [-0.2, 0) is 12.8 Å². The molecule has 0 bridgehead atoms. The first kappa shape index (κ1) is 11.1. The maximum absolute atomic E-state index is 10.5. The van der Waals surface area contributed by atoms with Gasteiger partial charge in [0.1, 0.15) is 5.75 Å². The second kappa shape index (κ2) is 4.69. The predicted octanol–water partition coefficient (Wildman–Crippen LogP) is 2.74. The molecule has 1 aromatic carbocycles. The number of phenols is 1. The molecule has 92 valence electrons. The van der Waals surface area contributed by atoms with Crippen molar-refractivity contribution in [1.82, 2.24) is 5.32 Å². The molecule has 0 spiro atoms. The molecule has 2 nitrogen and oxygen atoms in total. The Morgan fingerprint density at radius 3 is 2.65 bits per heavy atom. The summed E-state index contributed by atoms with van der Waals surface area (Å²) < 4.78 is 0. The van der Waals surface area contributed by atoms with Crippen LogP contribution in [0.2, 0.25) is 0 Å². The first-order chi connectivity index (χ1) is 8.36. The van der Waals surface area contributed by atoms with Gasteiger partial charge >= 0.3 is 0 Å². The average molecular weight is 231 g/mol. The highest BCUT2D eigenvalue weighted by Gasteiger charge is 2.22. The lowest BCUT2D eigenvalue weighted by molar-refractivity contribution is 0.417. The third-order valence-corrected chi connectivity index (χ3v) is 4.31. The molecule has 2 N–H and O–H groups in total. The van der Waals surface area contributed by atoms with Crippen LogP contribution in [-0.4, -0.2) is 18.2 Å². The summed E-state index contributed by atoms with van der Waals surface area (Å²) in [4.78, 5) is 0. The van der Waals surface area contributed by atoms with Gasteiger partial charge in [-0.3, -0.25) is 0 Å². The SMILES string of the molecule is Oc1c(C2CCNCC2)ccc2c1CCCC2. The van der Waals surface area contributed by atoms with E-state index in [1.165, 1.54) is 29.5 Å². The molecule has 1 saturated heterocycles. The molecule has 0 atom stereocenters. The van der Waals surface area contributed by atoms with Gasteiger partial charge < -0.3 is 10.4 Å². The van der Waals surface area contributed by atoms with E-state index in [0.717, 1.165) is 38.8 Å². The van der Waals surface area contributed by atoms with Crippen molar-refractivity contribution in [2.75, 3.05) is 13.1 Å². The Morgan fingerprint density at radius 1 is 1.06 bits per heavy atom. The van der Waals surface area contributed by atoms with Crippen LogP contribution in [0.1, 0.15) is 48.3 Å². The fourth-order valence-corrected chi connectivity index (χ4v) is 3.29. The minimum absolute atomic E-state index is 0.559. The summed E-state index contributed by atoms with van der Waals surface area (Å²) in [6, 6.07) is 4.43. The zero-order valence-corrected chi connectivity index (χ0v) is 10.3. The van der Waals surface area contributed by atoms with Gasteiger partial charge in [0.05, 0.1) is 0 Å². The van der Waals surface area contributed by atoms with Gasteiger partial charge in [-0.1, -0.05) is 12.1 Å². The van der Waals surface area contributed by atoms with Crippen molar-refractivity contribution in [1.29, 1.82) is 0 Å². The third-order valence-electron chi connectivity index (χ3n) is 4.31. The molecule has 2 heteroatoms. The van der Waals surface area contributed by atoms with Crippen molar-refractivity contribution in [3.63, 3.8) is 0 Å². The maximum Gasteiger partial charge on any atom is 0.122 e. The molecule has 0 aromatic heterocycles. The molecule has 1 aromatic rings. The molecular formula is C15H21NO. The Kier molecular flexibility index (Phi) is 3.06. The number of phenolic OH excluding ortho intramolecular Hbond substituents is 1. The Morgan fingerprint density at radius 2 is 1.82 bits per heavy atom. The molecule has 1 aliphatic carbocycles. The first-order valence-electron chi connectivity index (χ1n) is 6.90. The highest BCUT2D eigenvalue weighted by molar-refractivity contribution is 5.48. The molecule has 1 heterocycles. The Hall–Kier alpha value is -1.02. The molecule has 17 heavy (non-hydrogen) atoms. The van der Waals surface area contributed by atoms with Gasteiger partial charge in [-0.15, -0.1) is 0 Å². The number of benzene rings is 1. The van der Waals surface area contributed by atoms with Crippen molar-refractivity contribution in [2.24, 2.45) is 0 Å². The standard InChI is InChI=1S/C15H21NO/c17-15-13-4-2-1-3-11(13)5-6-14(15)12-7-9-16-10-8-12/h5-6,12,16-17H,1-4,7-10H2. The van der Waals surface area contributed by atoms with Gasteiger partial charge in [0.25, 0.3) is 0 Å². The molecule has 3 rings (SSSR count). The van der Waals surface area contributed by atoms with Crippen LogP contribution in [0.4, 0.5) is 0 Å². The van der Waals surface area contributed by atoms with E-state index in [-0.39, 0.29) is 0 Å². The number of fused-ring (bicyclic) bond motifs is 1. The lowest BCUT2D eigenvalue weighted by Crippen LogP contribution is -2.26. The van der Waals surface area contributed by atoms with E-state index in [2.05, 4.69) is 17.4 Å². The summed E-state index contributed by atoms with van der Waals surface area (Å²) in [7, 11) is 0. The zero-order chi connectivity index (χ0) is 11.7. The van der Waals surface area contributed by atoms with Crippen molar-refractivity contribution in [2.45, 2.75) is 44.4 Å². The minimum atomic E-state index is 0.559. The van der Waals surface area contributed by atoms with Crippen LogP contribution >= 0.6 is 0 Å². The summed E-state index contributed by atoms with van der Waals surface area (Å²) in [5.41, 5.74) is 3.82. The quantitative estimate of drug-likeness (QED) is 0.779. The monoisotopic (exact) mass is 231 g/mol. The Balaban J connectivity index is 1.94. The highest BCUT2D eigenvalue weighted by Crippen LogP contribution is 2.38. The van der Waals surface area contributed by atoms with E-state index in [9.17, 15) is 5.11 Å². The van der Waals surface area contributed by atoms with Gasteiger partial charge in [-0.05, 0) is 74.2 Å². The van der Waals surface area contributed by atoms with Gasteiger partial charge in [0, 0.05) is 0 Å². The lowest BCUT2D eigenvalue weighted by Gasteiger charge is -2.26. The number of rotatable bonds is 1. The largest absolute Gasteiger partial charge is 0.507 e. The minimum Gasteiger partial charge on any atom is -0.507 e. The summed E-state index contributed by atoms with van der Waals surface area (Å²) in [6.07, 6.45) is 7.05. The highest BCUT2D eigenvalue weighted by atomic mass is 16.3. The van der Waals surface area contributed by atoms with Gasteiger partial charge in [-0.2, -0.15) is 0 Å². The normalized spacial score (nSPS) is 21.2. The van der Waals surface area contributed by atoms with Crippen LogP contribution in [0.15, 0.2) is 12.1 Å². The van der Waals surface area contributed by atoms with E-state index >= 15 is 0 Å². The van der Waals surface area contributed by atoms with Crippen LogP contribution in [0.25, 0.3) is 0 Å². The van der Waals surface area contributed by atoms with E-state index in [4.69, 9.17) is 0 Å². The zero-order valence-electron chi connectivity index (χ0n) is 10.3. The molecule has 0 amide bonds. The average Bonchev–Trinajstić information content (AvgIpc) is 2.40. The topological polar surface area (TPSA) is 32.3 Å². The van der Waals surface area contributed by atoms with Crippen LogP contribution in [0, 0.1) is 0 Å². The number of aryl methyl sites for hydroxylation is 1. The summed E-state index contributed by atoms with van der Waals surface area (Å²) >= 11 is 0. The number of piperidine rings is 1. The van der Waals surface area contributed by atoms with Crippen LogP contribution < -0.4 is 5.32 Å². The van der Waals surface area contributed by atoms with Crippen LogP contribution in [0.5, 0.6) is 5.75 Å². The summed E-state index contributed by atoms with van der Waals surface area (Å²) in [6.45, 7) is 2.17. The number of nitrogens with one attached hydrogen (secondary N) is 1. The first-order valence-corrected chi connectivity index (χ1v) is 6.90. The van der Waals surface area contributed by atoms with Gasteiger partial charge in [-0.25, -0.2) is 0 Å². The molecule has 1 fully saturated rings. The second-order valence-electron chi connectivity index (χ2n) is 5.37. The van der Waals surface area contributed by atoms with Gasteiger partial charge in [0.2, 0.25) is 0 Å². The van der Waals surface area contributed by atoms with Crippen molar-refractivity contribution in [3.05, 3.63) is 28.8 Å². The van der Waals surface area contributed by atoms with Crippen LogP contribution in [0.3, 0.4) is 0 Å². The van der Waals surface area contributed by atoms with Gasteiger partial charge in [0.15, 0.2) is 0 Å². The summed E-state index contributed by atoms with van der Waals surface area (Å²) in [5.74, 6) is 1.18. The molecule has 0 unspecified atom stereocenters. The van der Waals surface area contributed by atoms with Crippen molar-refractivity contribution < 1.29 is 5.11 Å². The molecule has 0 radical (unpaired) electrons. The summed E-state index contributed by atoms with van der Waals surface area (Å²) in [5, 5.41) is 13.9. The Bertz CT molecular complexity index is 408. The number of hydrogen-bond donors (Lipinski definition) is 2. The van der Waals surface area contributed by atoms with Crippen molar-refractivity contribution in [3.8, 4) is 5.75 Å². The number of aromatic hydroxyl groups is 1. The predicted molar refractivity (Wildman–Crippen MR) is 69.6 cm³/mol. The van der Waals surface area contributed by atoms with E-state index in [0.29, 0.717) is 11.7 Å². The maximum atomic E-state index is 10.5. The molecule has 0 saturated carbocycles. The van der Waals surface area contributed by atoms with E-state index < -0.39 is 0 Å². The fourth-order valence-electron chi connectivity index (χ4n) is 3.29.